The molecule has 0 aliphatic carbocycles. The lowest BCUT2D eigenvalue weighted by molar-refractivity contribution is -0.0278. The molecule has 3 heterocycles. The van der Waals surface area contributed by atoms with Crippen LogP contribution in [0.1, 0.15) is 17.4 Å². The Morgan fingerprint density at radius 1 is 1.06 bits per heavy atom. The van der Waals surface area contributed by atoms with Gasteiger partial charge in [0.15, 0.2) is 16.3 Å². The maximum atomic E-state index is 8.25. The van der Waals surface area contributed by atoms with Gasteiger partial charge in [0.25, 0.3) is 6.29 Å². The fourth-order valence-electron chi connectivity index (χ4n) is 4.15. The van der Waals surface area contributed by atoms with Crippen molar-refractivity contribution in [2.75, 3.05) is 0 Å². The van der Waals surface area contributed by atoms with E-state index < -0.39 is 6.29 Å². The Morgan fingerprint density at radius 2 is 1.89 bits per heavy atom. The summed E-state index contributed by atoms with van der Waals surface area (Å²) in [6.45, 7) is 0.694. The van der Waals surface area contributed by atoms with E-state index in [1.807, 2.05) is 28.8 Å². The zero-order chi connectivity index (χ0) is 23.8. The summed E-state index contributed by atoms with van der Waals surface area (Å²) in [4.78, 5) is 12.2. The van der Waals surface area contributed by atoms with Crippen molar-refractivity contribution < 1.29 is 9.47 Å². The third kappa shape index (κ3) is 4.33. The van der Waals surface area contributed by atoms with E-state index in [4.69, 9.17) is 19.9 Å². The van der Waals surface area contributed by atoms with Crippen LogP contribution in [0.5, 0.6) is 0 Å². The average Bonchev–Trinajstić information content (AvgIpc) is 3.52. The maximum absolute atomic E-state index is 8.25. The van der Waals surface area contributed by atoms with Crippen molar-refractivity contribution in [3.8, 4) is 0 Å². The number of aromatic nitrogens is 4. The van der Waals surface area contributed by atoms with E-state index in [-0.39, 0.29) is 5.49 Å². The van der Waals surface area contributed by atoms with Crippen LogP contribution < -0.4 is 5.49 Å². The number of nitrogens with one attached hydrogen (secondary N) is 2. The van der Waals surface area contributed by atoms with Gasteiger partial charge in [-0.3, -0.25) is 5.41 Å². The van der Waals surface area contributed by atoms with E-state index in [1.165, 1.54) is 28.1 Å². The predicted octanol–water partition coefficient (Wildman–Crippen LogP) is 6.03. The number of ether oxygens (including phenoxy) is 2. The zero-order valence-electron chi connectivity index (χ0n) is 18.4. The second-order valence-electron chi connectivity index (χ2n) is 8.06. The molecule has 1 atom stereocenters. The van der Waals surface area contributed by atoms with E-state index in [1.54, 1.807) is 12.6 Å². The first-order valence-electron chi connectivity index (χ1n) is 11.1. The summed E-state index contributed by atoms with van der Waals surface area (Å²) in [5.41, 5.74) is 3.62. The largest absolute Gasteiger partial charge is 0.454 e. The Morgan fingerprint density at radius 3 is 2.80 bits per heavy atom. The number of hydrogen-bond donors (Lipinski definition) is 2. The molecule has 1 unspecified atom stereocenters. The number of H-pyrrole nitrogens is 1. The van der Waals surface area contributed by atoms with Crippen molar-refractivity contribution in [3.05, 3.63) is 105 Å². The van der Waals surface area contributed by atoms with E-state index in [0.717, 1.165) is 16.5 Å². The SMILES string of the molecule is N=c1ncn(CCc2cccc3ccccc23)c2nc(SC3=COC(c4ccccc4Br)O3)[nH]c12. The van der Waals surface area contributed by atoms with Crippen LogP contribution in [0.2, 0.25) is 0 Å². The molecule has 0 amide bonds. The molecule has 0 bridgehead atoms. The second kappa shape index (κ2) is 9.24. The van der Waals surface area contributed by atoms with Crippen LogP contribution in [0.25, 0.3) is 21.9 Å². The van der Waals surface area contributed by atoms with Gasteiger partial charge in [0.2, 0.25) is 5.09 Å². The van der Waals surface area contributed by atoms with Gasteiger partial charge >= 0.3 is 0 Å². The van der Waals surface area contributed by atoms with Crippen LogP contribution in [-0.2, 0) is 22.4 Å². The molecule has 1 aliphatic rings. The van der Waals surface area contributed by atoms with Gasteiger partial charge < -0.3 is 19.0 Å². The number of hydrogen-bond acceptors (Lipinski definition) is 6. The van der Waals surface area contributed by atoms with Gasteiger partial charge in [-0.25, -0.2) is 9.97 Å². The summed E-state index contributed by atoms with van der Waals surface area (Å²) >= 11 is 4.86. The van der Waals surface area contributed by atoms with Crippen LogP contribution >= 0.6 is 27.7 Å². The minimum absolute atomic E-state index is 0.157. The molecule has 0 fully saturated rings. The highest BCUT2D eigenvalue weighted by Crippen LogP contribution is 2.39. The zero-order valence-corrected chi connectivity index (χ0v) is 20.8. The molecule has 2 N–H and O–H groups in total. The van der Waals surface area contributed by atoms with E-state index >= 15 is 0 Å². The van der Waals surface area contributed by atoms with Crippen molar-refractivity contribution in [1.82, 2.24) is 19.5 Å². The van der Waals surface area contributed by atoms with Gasteiger partial charge in [-0.1, -0.05) is 76.6 Å². The van der Waals surface area contributed by atoms with E-state index in [9.17, 15) is 0 Å². The van der Waals surface area contributed by atoms with Gasteiger partial charge in [-0.15, -0.1) is 0 Å². The number of rotatable bonds is 6. The molecular formula is C26H20BrN5O2S. The molecule has 1 aliphatic heterocycles. The number of aromatic amines is 1. The van der Waals surface area contributed by atoms with Crippen molar-refractivity contribution >= 4 is 49.6 Å². The summed E-state index contributed by atoms with van der Waals surface area (Å²) in [7, 11) is 0. The molecule has 7 nitrogen and oxygen atoms in total. The molecular weight excluding hydrogens is 526 g/mol. The first-order chi connectivity index (χ1) is 17.2. The van der Waals surface area contributed by atoms with Crippen molar-refractivity contribution in [3.63, 3.8) is 0 Å². The molecule has 35 heavy (non-hydrogen) atoms. The third-order valence-corrected chi connectivity index (χ3v) is 7.37. The lowest BCUT2D eigenvalue weighted by Gasteiger charge is -2.12. The Balaban J connectivity index is 1.22. The minimum Gasteiger partial charge on any atom is -0.454 e. The molecule has 0 spiro atoms. The molecule has 2 aromatic heterocycles. The highest BCUT2D eigenvalue weighted by molar-refractivity contribution is 9.10. The summed E-state index contributed by atoms with van der Waals surface area (Å²) in [5, 5.41) is 11.9. The van der Waals surface area contributed by atoms with Crippen molar-refractivity contribution in [1.29, 1.82) is 5.41 Å². The highest BCUT2D eigenvalue weighted by atomic mass is 79.9. The van der Waals surface area contributed by atoms with Gasteiger partial charge in [-0.2, -0.15) is 0 Å². The Kier molecular flexibility index (Phi) is 5.79. The summed E-state index contributed by atoms with van der Waals surface area (Å²) in [6, 6.07) is 22.6. The third-order valence-electron chi connectivity index (χ3n) is 5.87. The van der Waals surface area contributed by atoms with Gasteiger partial charge in [0, 0.05) is 16.6 Å². The standard InChI is InChI=1S/C26H20BrN5O2S/c27-20-11-4-3-10-19(20)25-33-14-21(34-25)35-26-30-22-23(28)29-15-32(24(22)31-26)13-12-17-8-5-7-16-6-1-2-9-18(16)17/h1-11,14-15,25,28H,12-13H2,(H,30,31). The Bertz CT molecular complexity index is 1640. The molecule has 0 radical (unpaired) electrons. The van der Waals surface area contributed by atoms with Gasteiger partial charge in [0.05, 0.1) is 6.33 Å². The van der Waals surface area contributed by atoms with Crippen molar-refractivity contribution in [2.45, 2.75) is 24.4 Å². The molecule has 0 saturated heterocycles. The summed E-state index contributed by atoms with van der Waals surface area (Å²) < 4.78 is 14.6. The number of thioether (sulfide) groups is 1. The Labute approximate surface area is 213 Å². The molecule has 6 rings (SSSR count). The predicted molar refractivity (Wildman–Crippen MR) is 138 cm³/mol. The molecule has 5 aromatic rings. The van der Waals surface area contributed by atoms with E-state index in [2.05, 4.69) is 68.4 Å². The van der Waals surface area contributed by atoms with E-state index in [0.29, 0.717) is 28.0 Å². The number of imidazole rings is 1. The number of aryl methyl sites for hydroxylation is 2. The molecule has 9 heteroatoms. The fraction of sp³-hybridized carbons (Fsp3) is 0.115. The molecule has 3 aromatic carbocycles. The lowest BCUT2D eigenvalue weighted by Crippen LogP contribution is -2.13. The van der Waals surface area contributed by atoms with Crippen LogP contribution in [0.4, 0.5) is 0 Å². The smallest absolute Gasteiger partial charge is 0.268 e. The summed E-state index contributed by atoms with van der Waals surface area (Å²) in [6.07, 6.45) is 3.58. The number of fused-ring (bicyclic) bond motifs is 2. The monoisotopic (exact) mass is 545 g/mol. The highest BCUT2D eigenvalue weighted by Gasteiger charge is 2.25. The van der Waals surface area contributed by atoms with Crippen LogP contribution in [0, 0.1) is 5.41 Å². The summed E-state index contributed by atoms with van der Waals surface area (Å²) in [5.74, 6) is 0. The topological polar surface area (TPSA) is 88.8 Å². The second-order valence-corrected chi connectivity index (χ2v) is 9.91. The van der Waals surface area contributed by atoms with Crippen LogP contribution in [0.3, 0.4) is 0 Å². The molecule has 174 valence electrons. The van der Waals surface area contributed by atoms with Gasteiger partial charge in [-0.05, 0) is 40.6 Å². The van der Waals surface area contributed by atoms with Crippen LogP contribution in [0.15, 0.2) is 94.0 Å². The first-order valence-corrected chi connectivity index (χ1v) is 12.7. The number of halogens is 1. The number of benzene rings is 3. The fourth-order valence-corrected chi connectivity index (χ4v) is 5.34. The van der Waals surface area contributed by atoms with Crippen LogP contribution in [-0.4, -0.2) is 19.5 Å². The average molecular weight is 546 g/mol. The quantitative estimate of drug-likeness (QED) is 0.271. The van der Waals surface area contributed by atoms with Crippen molar-refractivity contribution in [2.24, 2.45) is 0 Å². The number of nitrogens with zero attached hydrogens (tertiary/aromatic N) is 3. The first kappa shape index (κ1) is 21.9. The minimum atomic E-state index is -0.517. The normalized spacial score (nSPS) is 15.2. The lowest BCUT2D eigenvalue weighted by atomic mass is 10.0. The van der Waals surface area contributed by atoms with Gasteiger partial charge in [0.1, 0.15) is 11.8 Å². The molecule has 0 saturated carbocycles. The maximum Gasteiger partial charge on any atom is 0.268 e. The Hall–Kier alpha value is -3.56.